The largest absolute Gasteiger partial charge is 0.480 e. The molecule has 16 heavy (non-hydrogen) atoms. The number of carbonyl (C=O) groups is 2. The van der Waals surface area contributed by atoms with E-state index in [1.165, 1.54) is 4.90 Å². The van der Waals surface area contributed by atoms with E-state index in [9.17, 15) is 9.59 Å². The molecule has 5 heteroatoms. The molecule has 0 radical (unpaired) electrons. The molecule has 1 atom stereocenters. The molecule has 1 amide bonds. The van der Waals surface area contributed by atoms with Gasteiger partial charge in [0.05, 0.1) is 6.54 Å². The summed E-state index contributed by atoms with van der Waals surface area (Å²) in [4.78, 5) is 26.0. The van der Waals surface area contributed by atoms with Crippen molar-refractivity contribution < 1.29 is 14.7 Å². The molecule has 1 unspecified atom stereocenters. The molecular formula is C11H20N2O3. The lowest BCUT2D eigenvalue weighted by Crippen LogP contribution is -2.46. The highest BCUT2D eigenvalue weighted by molar-refractivity contribution is 5.79. The van der Waals surface area contributed by atoms with Gasteiger partial charge in [-0.3, -0.25) is 14.5 Å². The van der Waals surface area contributed by atoms with Gasteiger partial charge in [-0.25, -0.2) is 0 Å². The first-order chi connectivity index (χ1) is 7.52. The monoisotopic (exact) mass is 228 g/mol. The fourth-order valence-electron chi connectivity index (χ4n) is 1.95. The van der Waals surface area contributed by atoms with Gasteiger partial charge in [-0.15, -0.1) is 0 Å². The third-order valence-corrected chi connectivity index (χ3v) is 2.99. The van der Waals surface area contributed by atoms with Crippen LogP contribution in [0.25, 0.3) is 0 Å². The van der Waals surface area contributed by atoms with Crippen molar-refractivity contribution in [2.24, 2.45) is 0 Å². The number of likely N-dealkylation sites (tertiary alicyclic amines) is 1. The molecule has 0 bridgehead atoms. The fourth-order valence-corrected chi connectivity index (χ4v) is 1.95. The molecule has 0 aromatic heterocycles. The minimum absolute atomic E-state index is 0.0341. The van der Waals surface area contributed by atoms with Gasteiger partial charge in [-0.1, -0.05) is 12.8 Å². The SMILES string of the molecule is CN(C)C(=O)CN1CCCCCC1C(=O)O. The smallest absolute Gasteiger partial charge is 0.320 e. The van der Waals surface area contributed by atoms with Crippen LogP contribution in [0.4, 0.5) is 0 Å². The van der Waals surface area contributed by atoms with Crippen LogP contribution in [0.3, 0.4) is 0 Å². The number of carboxylic acid groups (broad SMARTS) is 1. The predicted octanol–water partition coefficient (Wildman–Crippen LogP) is 0.404. The Morgan fingerprint density at radius 1 is 1.31 bits per heavy atom. The van der Waals surface area contributed by atoms with Crippen LogP contribution in [0, 0.1) is 0 Å². The fraction of sp³-hybridized carbons (Fsp3) is 0.818. The molecule has 1 saturated heterocycles. The molecule has 5 nitrogen and oxygen atoms in total. The first-order valence-electron chi connectivity index (χ1n) is 5.69. The molecule has 1 fully saturated rings. The summed E-state index contributed by atoms with van der Waals surface area (Å²) in [6, 6.07) is -0.494. The van der Waals surface area contributed by atoms with Gasteiger partial charge in [0.25, 0.3) is 0 Å². The van der Waals surface area contributed by atoms with Crippen molar-refractivity contribution in [3.63, 3.8) is 0 Å². The van der Waals surface area contributed by atoms with E-state index in [2.05, 4.69) is 0 Å². The van der Waals surface area contributed by atoms with Gasteiger partial charge >= 0.3 is 5.97 Å². The first-order valence-corrected chi connectivity index (χ1v) is 5.69. The van der Waals surface area contributed by atoms with Gasteiger partial charge in [0.15, 0.2) is 0 Å². The summed E-state index contributed by atoms with van der Waals surface area (Å²) >= 11 is 0. The van der Waals surface area contributed by atoms with E-state index >= 15 is 0 Å². The zero-order valence-corrected chi connectivity index (χ0v) is 9.98. The van der Waals surface area contributed by atoms with Crippen LogP contribution in [0.5, 0.6) is 0 Å². The molecule has 0 spiro atoms. The van der Waals surface area contributed by atoms with Crippen molar-refractivity contribution in [3.8, 4) is 0 Å². The summed E-state index contributed by atoms with van der Waals surface area (Å²) in [6.07, 6.45) is 3.61. The number of aliphatic carboxylic acids is 1. The van der Waals surface area contributed by atoms with E-state index in [-0.39, 0.29) is 12.5 Å². The Hall–Kier alpha value is -1.10. The van der Waals surface area contributed by atoms with Crippen LogP contribution >= 0.6 is 0 Å². The Kier molecular flexibility index (Phi) is 4.73. The maximum Gasteiger partial charge on any atom is 0.320 e. The summed E-state index contributed by atoms with van der Waals surface area (Å²) in [6.45, 7) is 0.917. The maximum absolute atomic E-state index is 11.6. The quantitative estimate of drug-likeness (QED) is 0.759. The molecule has 1 rings (SSSR count). The Labute approximate surface area is 96.0 Å². The molecule has 1 aliphatic heterocycles. The van der Waals surface area contributed by atoms with Gasteiger partial charge in [-0.05, 0) is 19.4 Å². The molecule has 0 aliphatic carbocycles. The third kappa shape index (κ3) is 3.48. The van der Waals surface area contributed by atoms with Crippen LogP contribution in [-0.2, 0) is 9.59 Å². The molecule has 0 aromatic rings. The van der Waals surface area contributed by atoms with Crippen LogP contribution < -0.4 is 0 Å². The lowest BCUT2D eigenvalue weighted by molar-refractivity contribution is -0.144. The lowest BCUT2D eigenvalue weighted by atomic mass is 10.1. The minimum atomic E-state index is -0.812. The van der Waals surface area contributed by atoms with Crippen molar-refractivity contribution in [3.05, 3.63) is 0 Å². The predicted molar refractivity (Wildman–Crippen MR) is 60.2 cm³/mol. The summed E-state index contributed by atoms with van der Waals surface area (Å²) in [5.74, 6) is -0.846. The van der Waals surface area contributed by atoms with Crippen molar-refractivity contribution in [2.45, 2.75) is 31.7 Å². The highest BCUT2D eigenvalue weighted by Crippen LogP contribution is 2.16. The zero-order valence-electron chi connectivity index (χ0n) is 9.98. The van der Waals surface area contributed by atoms with E-state index in [1.54, 1.807) is 19.0 Å². The number of nitrogens with zero attached hydrogens (tertiary/aromatic N) is 2. The number of rotatable bonds is 3. The van der Waals surface area contributed by atoms with Crippen LogP contribution in [0.1, 0.15) is 25.7 Å². The van der Waals surface area contributed by atoms with Crippen molar-refractivity contribution >= 4 is 11.9 Å². The van der Waals surface area contributed by atoms with E-state index in [4.69, 9.17) is 5.11 Å². The number of hydrogen-bond donors (Lipinski definition) is 1. The second-order valence-corrected chi connectivity index (χ2v) is 4.46. The van der Waals surface area contributed by atoms with E-state index < -0.39 is 12.0 Å². The molecule has 1 aliphatic rings. The van der Waals surface area contributed by atoms with Crippen LogP contribution in [0.2, 0.25) is 0 Å². The average molecular weight is 228 g/mol. The minimum Gasteiger partial charge on any atom is -0.480 e. The number of carbonyl (C=O) groups excluding carboxylic acids is 1. The Morgan fingerprint density at radius 2 is 2.00 bits per heavy atom. The van der Waals surface area contributed by atoms with E-state index in [0.29, 0.717) is 13.0 Å². The maximum atomic E-state index is 11.6. The highest BCUT2D eigenvalue weighted by atomic mass is 16.4. The Balaban J connectivity index is 2.64. The van der Waals surface area contributed by atoms with Crippen LogP contribution in [-0.4, -0.2) is 60.0 Å². The molecule has 92 valence electrons. The number of carboxylic acids is 1. The molecule has 0 aromatic carbocycles. The number of likely N-dealkylation sites (N-methyl/N-ethyl adjacent to an activating group) is 1. The van der Waals surface area contributed by atoms with Gasteiger partial charge in [-0.2, -0.15) is 0 Å². The zero-order chi connectivity index (χ0) is 12.1. The highest BCUT2D eigenvalue weighted by Gasteiger charge is 2.28. The van der Waals surface area contributed by atoms with E-state index in [1.807, 2.05) is 0 Å². The van der Waals surface area contributed by atoms with Gasteiger partial charge in [0.2, 0.25) is 5.91 Å². The Morgan fingerprint density at radius 3 is 2.56 bits per heavy atom. The summed E-state index contributed by atoms with van der Waals surface area (Å²) in [7, 11) is 3.38. The van der Waals surface area contributed by atoms with Crippen LogP contribution in [0.15, 0.2) is 0 Å². The average Bonchev–Trinajstić information content (AvgIpc) is 2.42. The first kappa shape index (κ1) is 13.0. The topological polar surface area (TPSA) is 60.9 Å². The lowest BCUT2D eigenvalue weighted by Gasteiger charge is -2.27. The number of hydrogen-bond acceptors (Lipinski definition) is 3. The second-order valence-electron chi connectivity index (χ2n) is 4.46. The molecular weight excluding hydrogens is 208 g/mol. The third-order valence-electron chi connectivity index (χ3n) is 2.99. The summed E-state index contributed by atoms with van der Waals surface area (Å²) in [5.41, 5.74) is 0. The summed E-state index contributed by atoms with van der Waals surface area (Å²) in [5, 5.41) is 9.12. The standard InChI is InChI=1S/C11H20N2O3/c1-12(2)10(14)8-13-7-5-3-4-6-9(13)11(15)16/h9H,3-8H2,1-2H3,(H,15,16). The van der Waals surface area contributed by atoms with Crippen molar-refractivity contribution in [1.82, 2.24) is 9.80 Å². The number of amides is 1. The van der Waals surface area contributed by atoms with Gasteiger partial charge in [0.1, 0.15) is 6.04 Å². The molecule has 1 heterocycles. The Bertz CT molecular complexity index is 266. The molecule has 0 saturated carbocycles. The summed E-state index contributed by atoms with van der Waals surface area (Å²) < 4.78 is 0. The molecule has 1 N–H and O–H groups in total. The van der Waals surface area contributed by atoms with E-state index in [0.717, 1.165) is 19.3 Å². The van der Waals surface area contributed by atoms with Gasteiger partial charge in [0, 0.05) is 14.1 Å². The second kappa shape index (κ2) is 5.84. The van der Waals surface area contributed by atoms with Crippen molar-refractivity contribution in [2.75, 3.05) is 27.2 Å². The normalized spacial score (nSPS) is 22.5. The van der Waals surface area contributed by atoms with Crippen molar-refractivity contribution in [1.29, 1.82) is 0 Å². The van der Waals surface area contributed by atoms with Gasteiger partial charge < -0.3 is 10.0 Å².